The molecule has 10 heteroatoms. The second-order valence-corrected chi connectivity index (χ2v) is 10.5. The Hall–Kier alpha value is -4.02. The van der Waals surface area contributed by atoms with Crippen LogP contribution in [-0.2, 0) is 9.53 Å². The minimum Gasteiger partial charge on any atom is -0.467 e. The van der Waals surface area contributed by atoms with Crippen LogP contribution >= 0.6 is 27.3 Å². The van der Waals surface area contributed by atoms with E-state index in [1.54, 1.807) is 23.6 Å². The van der Waals surface area contributed by atoms with Crippen LogP contribution in [-0.4, -0.2) is 43.4 Å². The largest absolute Gasteiger partial charge is 0.467 e. The summed E-state index contributed by atoms with van der Waals surface area (Å²) in [6.07, 6.45) is 0. The highest BCUT2D eigenvalue weighted by Crippen LogP contribution is 2.25. The molecule has 8 nitrogen and oxygen atoms in total. The van der Waals surface area contributed by atoms with Crippen LogP contribution in [0, 0.1) is 0 Å². The summed E-state index contributed by atoms with van der Waals surface area (Å²) in [6, 6.07) is 20.6. The van der Waals surface area contributed by atoms with Crippen molar-refractivity contribution < 1.29 is 23.9 Å². The summed E-state index contributed by atoms with van der Waals surface area (Å²) < 4.78 is 5.16. The molecule has 0 aliphatic carbocycles. The molecule has 4 rings (SSSR count). The monoisotopic (exact) mass is 607 g/mol. The molecule has 2 atom stereocenters. The molecule has 0 spiro atoms. The smallest absolute Gasteiger partial charge is 0.330 e. The Kier molecular flexibility index (Phi) is 9.11. The van der Waals surface area contributed by atoms with Gasteiger partial charge < -0.3 is 20.7 Å². The molecule has 0 radical (unpaired) electrons. The van der Waals surface area contributed by atoms with E-state index in [0.717, 1.165) is 16.3 Å². The van der Waals surface area contributed by atoms with Gasteiger partial charge in [-0.1, -0.05) is 48.5 Å². The van der Waals surface area contributed by atoms with Crippen molar-refractivity contribution >= 4 is 61.7 Å². The third-order valence-corrected chi connectivity index (χ3v) is 7.64. The normalized spacial score (nSPS) is 12.3. The van der Waals surface area contributed by atoms with Gasteiger partial charge in [-0.05, 0) is 68.8 Å². The van der Waals surface area contributed by atoms with E-state index in [2.05, 4.69) is 31.9 Å². The first-order valence-corrected chi connectivity index (χ1v) is 13.7. The highest BCUT2D eigenvalue weighted by molar-refractivity contribution is 9.10. The van der Waals surface area contributed by atoms with Crippen LogP contribution in [0.1, 0.15) is 48.9 Å². The van der Waals surface area contributed by atoms with E-state index < -0.39 is 17.9 Å². The van der Waals surface area contributed by atoms with Crippen LogP contribution in [0.15, 0.2) is 82.6 Å². The zero-order valence-corrected chi connectivity index (χ0v) is 23.6. The SMILES string of the molecule is COC(=O)C(CNC(=O)c1cccs1)NC(=O)c1ccc(C(=O)NC(C)c2cccc3ccccc23)cc1Br. The van der Waals surface area contributed by atoms with Crippen molar-refractivity contribution in [2.24, 2.45) is 0 Å². The molecule has 3 amide bonds. The predicted molar refractivity (Wildman–Crippen MR) is 154 cm³/mol. The minimum atomic E-state index is -1.11. The molecular weight excluding hydrogens is 582 g/mol. The lowest BCUT2D eigenvalue weighted by atomic mass is 9.99. The van der Waals surface area contributed by atoms with Crippen LogP contribution in [0.3, 0.4) is 0 Å². The zero-order chi connectivity index (χ0) is 27.9. The summed E-state index contributed by atoms with van der Waals surface area (Å²) in [6.45, 7) is 1.76. The summed E-state index contributed by atoms with van der Waals surface area (Å²) in [4.78, 5) is 51.0. The molecule has 2 unspecified atom stereocenters. The maximum Gasteiger partial charge on any atom is 0.330 e. The number of amides is 3. The van der Waals surface area contributed by atoms with E-state index in [1.807, 2.05) is 49.4 Å². The Morgan fingerprint density at radius 2 is 1.67 bits per heavy atom. The molecule has 0 aliphatic heterocycles. The summed E-state index contributed by atoms with van der Waals surface area (Å²) in [5.74, 6) is -1.93. The van der Waals surface area contributed by atoms with Crippen molar-refractivity contribution in [2.75, 3.05) is 13.7 Å². The first-order valence-electron chi connectivity index (χ1n) is 12.1. The lowest BCUT2D eigenvalue weighted by Gasteiger charge is -2.18. The van der Waals surface area contributed by atoms with Gasteiger partial charge in [-0.15, -0.1) is 11.3 Å². The third kappa shape index (κ3) is 6.71. The van der Waals surface area contributed by atoms with Crippen LogP contribution in [0.2, 0.25) is 0 Å². The molecule has 0 bridgehead atoms. The lowest BCUT2D eigenvalue weighted by Crippen LogP contribution is -2.49. The van der Waals surface area contributed by atoms with Crippen LogP contribution in [0.4, 0.5) is 0 Å². The minimum absolute atomic E-state index is 0.153. The van der Waals surface area contributed by atoms with E-state index in [1.165, 1.54) is 30.6 Å². The average molecular weight is 609 g/mol. The van der Waals surface area contributed by atoms with Crippen molar-refractivity contribution in [3.63, 3.8) is 0 Å². The first-order chi connectivity index (χ1) is 18.8. The Labute approximate surface area is 237 Å². The lowest BCUT2D eigenvalue weighted by molar-refractivity contribution is -0.142. The number of ether oxygens (including phenoxy) is 1. The second-order valence-electron chi connectivity index (χ2n) is 8.69. The number of hydrogen-bond donors (Lipinski definition) is 3. The number of rotatable bonds is 9. The number of nitrogens with one attached hydrogen (secondary N) is 3. The summed E-state index contributed by atoms with van der Waals surface area (Å²) in [5, 5.41) is 12.1. The topological polar surface area (TPSA) is 114 Å². The number of benzene rings is 3. The van der Waals surface area contributed by atoms with Gasteiger partial charge in [-0.2, -0.15) is 0 Å². The number of carbonyl (C=O) groups is 4. The maximum atomic E-state index is 13.0. The number of carbonyl (C=O) groups excluding carboxylic acids is 4. The molecule has 4 aromatic rings. The molecule has 200 valence electrons. The molecule has 1 aromatic heterocycles. The van der Waals surface area contributed by atoms with Gasteiger partial charge in [0.2, 0.25) is 0 Å². The number of hydrogen-bond acceptors (Lipinski definition) is 6. The number of fused-ring (bicyclic) bond motifs is 1. The van der Waals surface area contributed by atoms with Crippen molar-refractivity contribution in [3.05, 3.63) is 104 Å². The van der Waals surface area contributed by atoms with Gasteiger partial charge in [0.05, 0.1) is 23.6 Å². The molecular formula is C29H26BrN3O5S. The molecule has 1 heterocycles. The highest BCUT2D eigenvalue weighted by Gasteiger charge is 2.25. The van der Waals surface area contributed by atoms with E-state index in [9.17, 15) is 19.2 Å². The standard InChI is InChI=1S/C29H26BrN3O5S/c1-17(20-10-5-8-18-7-3-4-9-21(18)20)32-26(34)19-12-13-22(23(30)15-19)27(35)33-24(29(37)38-2)16-31-28(36)25-11-6-14-39-25/h3-15,17,24H,16H2,1-2H3,(H,31,36)(H,32,34)(H,33,35). The second kappa shape index (κ2) is 12.7. The fourth-order valence-electron chi connectivity index (χ4n) is 4.09. The van der Waals surface area contributed by atoms with E-state index in [-0.39, 0.29) is 30.0 Å². The Morgan fingerprint density at radius 1 is 0.897 bits per heavy atom. The number of thiophene rings is 1. The Morgan fingerprint density at radius 3 is 2.38 bits per heavy atom. The molecule has 3 aromatic carbocycles. The van der Waals surface area contributed by atoms with Crippen LogP contribution < -0.4 is 16.0 Å². The molecule has 0 aliphatic rings. The summed E-state index contributed by atoms with van der Waals surface area (Å²) >= 11 is 4.63. The van der Waals surface area contributed by atoms with Gasteiger partial charge >= 0.3 is 5.97 Å². The molecule has 0 saturated carbocycles. The van der Waals surface area contributed by atoms with Gasteiger partial charge in [-0.25, -0.2) is 4.79 Å². The van der Waals surface area contributed by atoms with Gasteiger partial charge in [0.25, 0.3) is 17.7 Å². The van der Waals surface area contributed by atoms with Crippen molar-refractivity contribution in [1.82, 2.24) is 16.0 Å². The quantitative estimate of drug-likeness (QED) is 0.235. The van der Waals surface area contributed by atoms with Gasteiger partial charge in [0.1, 0.15) is 6.04 Å². The number of halogens is 1. The number of esters is 1. The van der Waals surface area contributed by atoms with Gasteiger partial charge in [0.15, 0.2) is 0 Å². The van der Waals surface area contributed by atoms with Gasteiger partial charge in [0, 0.05) is 16.6 Å². The fraction of sp³-hybridized carbons (Fsp3) is 0.172. The predicted octanol–water partition coefficient (Wildman–Crippen LogP) is 4.86. The van der Waals surface area contributed by atoms with Crippen LogP contribution in [0.5, 0.6) is 0 Å². The molecule has 0 fully saturated rings. The fourth-order valence-corrected chi connectivity index (χ4v) is 5.29. The first kappa shape index (κ1) is 28.0. The highest BCUT2D eigenvalue weighted by atomic mass is 79.9. The van der Waals surface area contributed by atoms with Gasteiger partial charge in [-0.3, -0.25) is 14.4 Å². The summed E-state index contributed by atoms with van der Waals surface area (Å²) in [7, 11) is 1.20. The average Bonchev–Trinajstić information content (AvgIpc) is 3.49. The maximum absolute atomic E-state index is 13.0. The van der Waals surface area contributed by atoms with Crippen molar-refractivity contribution in [2.45, 2.75) is 19.0 Å². The zero-order valence-electron chi connectivity index (χ0n) is 21.2. The summed E-state index contributed by atoms with van der Waals surface area (Å²) in [5.41, 5.74) is 1.57. The Bertz CT molecular complexity index is 1520. The van der Waals surface area contributed by atoms with Crippen molar-refractivity contribution in [1.29, 1.82) is 0 Å². The third-order valence-electron chi connectivity index (χ3n) is 6.12. The van der Waals surface area contributed by atoms with Crippen molar-refractivity contribution in [3.8, 4) is 0 Å². The Balaban J connectivity index is 1.43. The molecule has 3 N–H and O–H groups in total. The van der Waals surface area contributed by atoms with Crippen LogP contribution in [0.25, 0.3) is 10.8 Å². The van der Waals surface area contributed by atoms with E-state index in [0.29, 0.717) is 14.9 Å². The van der Waals surface area contributed by atoms with E-state index >= 15 is 0 Å². The molecule has 39 heavy (non-hydrogen) atoms. The number of methoxy groups -OCH3 is 1. The van der Waals surface area contributed by atoms with E-state index in [4.69, 9.17) is 4.74 Å². The molecule has 0 saturated heterocycles.